The van der Waals surface area contributed by atoms with Crippen molar-refractivity contribution in [3.8, 4) is 5.75 Å². The van der Waals surface area contributed by atoms with Gasteiger partial charge in [0.2, 0.25) is 10.0 Å². The van der Waals surface area contributed by atoms with Crippen molar-refractivity contribution in [2.75, 3.05) is 27.3 Å². The highest BCUT2D eigenvalue weighted by Gasteiger charge is 2.20. The molecule has 0 spiro atoms. The van der Waals surface area contributed by atoms with Crippen LogP contribution >= 0.6 is 0 Å². The van der Waals surface area contributed by atoms with E-state index in [1.165, 1.54) is 24.1 Å². The normalized spacial score (nSPS) is 11.0. The van der Waals surface area contributed by atoms with Crippen LogP contribution in [0.2, 0.25) is 0 Å². The molecule has 0 aliphatic heterocycles. The number of ether oxygens (including phenoxy) is 2. The van der Waals surface area contributed by atoms with Crippen LogP contribution < -0.4 is 9.88 Å². The lowest BCUT2D eigenvalue weighted by molar-refractivity contribution is -0.133. The summed E-state index contributed by atoms with van der Waals surface area (Å²) in [5.41, 5.74) is -0.118. The Morgan fingerprint density at radius 2 is 1.96 bits per heavy atom. The number of carbonyl (C=O) groups excluding carboxylic acids is 2. The first-order valence-electron chi connectivity index (χ1n) is 7.32. The molecule has 0 saturated carbocycles. The van der Waals surface area contributed by atoms with Crippen molar-refractivity contribution in [1.29, 1.82) is 0 Å². The molecule has 0 unspecified atom stereocenters. The van der Waals surface area contributed by atoms with E-state index in [1.807, 2.05) is 6.92 Å². The van der Waals surface area contributed by atoms with E-state index in [2.05, 4.69) is 0 Å². The average Bonchev–Trinajstić information content (AvgIpc) is 2.55. The summed E-state index contributed by atoms with van der Waals surface area (Å²) in [5, 5.41) is 5.04. The second kappa shape index (κ2) is 8.65. The zero-order valence-corrected chi connectivity index (χ0v) is 14.8. The fourth-order valence-electron chi connectivity index (χ4n) is 1.86. The zero-order chi connectivity index (χ0) is 18.3. The van der Waals surface area contributed by atoms with Crippen molar-refractivity contribution in [1.82, 2.24) is 4.90 Å². The molecule has 134 valence electrons. The number of unbranched alkanes of at least 4 members (excludes halogenated alkanes) is 1. The Morgan fingerprint density at radius 3 is 2.50 bits per heavy atom. The molecule has 1 aromatic rings. The third-order valence-corrected chi connectivity index (χ3v) is 4.23. The molecule has 0 saturated heterocycles. The summed E-state index contributed by atoms with van der Waals surface area (Å²) in [6, 6.07) is 3.57. The number of hydrogen-bond acceptors (Lipinski definition) is 6. The maximum absolute atomic E-state index is 12.1. The van der Waals surface area contributed by atoms with Crippen molar-refractivity contribution in [3.05, 3.63) is 23.8 Å². The highest BCUT2D eigenvalue weighted by atomic mass is 32.2. The largest absolute Gasteiger partial charge is 0.496 e. The summed E-state index contributed by atoms with van der Waals surface area (Å²) in [4.78, 5) is 25.2. The van der Waals surface area contributed by atoms with Crippen LogP contribution in [0.3, 0.4) is 0 Å². The molecule has 0 fully saturated rings. The van der Waals surface area contributed by atoms with Crippen molar-refractivity contribution < 1.29 is 27.5 Å². The van der Waals surface area contributed by atoms with Crippen LogP contribution in [0.4, 0.5) is 0 Å². The fourth-order valence-corrected chi connectivity index (χ4v) is 2.40. The highest BCUT2D eigenvalue weighted by molar-refractivity contribution is 7.89. The van der Waals surface area contributed by atoms with Gasteiger partial charge >= 0.3 is 5.97 Å². The Hall–Kier alpha value is -2.13. The summed E-state index contributed by atoms with van der Waals surface area (Å²) in [6.45, 7) is 2.13. The molecule has 24 heavy (non-hydrogen) atoms. The second-order valence-electron chi connectivity index (χ2n) is 5.15. The highest BCUT2D eigenvalue weighted by Crippen LogP contribution is 2.22. The molecular formula is C15H22N2O6S. The topological polar surface area (TPSA) is 116 Å². The summed E-state index contributed by atoms with van der Waals surface area (Å²) >= 11 is 0. The van der Waals surface area contributed by atoms with E-state index in [-0.39, 0.29) is 22.1 Å². The summed E-state index contributed by atoms with van der Waals surface area (Å²) in [7, 11) is -1.03. The lowest BCUT2D eigenvalue weighted by Gasteiger charge is -2.17. The molecule has 0 aliphatic rings. The van der Waals surface area contributed by atoms with Gasteiger partial charge in [0.1, 0.15) is 11.3 Å². The van der Waals surface area contributed by atoms with Crippen LogP contribution in [-0.2, 0) is 19.6 Å². The number of hydrogen-bond donors (Lipinski definition) is 1. The molecular weight excluding hydrogens is 336 g/mol. The number of methoxy groups -OCH3 is 1. The number of rotatable bonds is 8. The molecule has 1 amide bonds. The third-order valence-electron chi connectivity index (χ3n) is 3.32. The monoisotopic (exact) mass is 358 g/mol. The number of nitrogens with zero attached hydrogens (tertiary/aromatic N) is 1. The number of benzene rings is 1. The van der Waals surface area contributed by atoms with E-state index >= 15 is 0 Å². The Bertz CT molecular complexity index is 702. The van der Waals surface area contributed by atoms with Gasteiger partial charge in [-0.15, -0.1) is 0 Å². The number of sulfonamides is 1. The van der Waals surface area contributed by atoms with Gasteiger partial charge in [-0.2, -0.15) is 0 Å². The quantitative estimate of drug-likeness (QED) is 0.686. The Labute approximate surface area is 141 Å². The third kappa shape index (κ3) is 5.50. The Kier molecular flexibility index (Phi) is 7.18. The fraction of sp³-hybridized carbons (Fsp3) is 0.467. The van der Waals surface area contributed by atoms with Crippen molar-refractivity contribution in [2.45, 2.75) is 24.7 Å². The first-order valence-corrected chi connectivity index (χ1v) is 8.87. The number of likely N-dealkylation sites (N-methyl/N-ethyl adjacent to an activating group) is 1. The minimum Gasteiger partial charge on any atom is -0.496 e. The van der Waals surface area contributed by atoms with Crippen LogP contribution in [0.1, 0.15) is 30.1 Å². The first kappa shape index (κ1) is 19.9. The lowest BCUT2D eigenvalue weighted by atomic mass is 10.2. The predicted octanol–water partition coefficient (Wildman–Crippen LogP) is 0.758. The van der Waals surface area contributed by atoms with E-state index in [0.29, 0.717) is 6.54 Å². The van der Waals surface area contributed by atoms with Crippen LogP contribution in [0.15, 0.2) is 23.1 Å². The number of primary sulfonamides is 1. The van der Waals surface area contributed by atoms with E-state index in [9.17, 15) is 18.0 Å². The predicted molar refractivity (Wildman–Crippen MR) is 87.2 cm³/mol. The lowest BCUT2D eigenvalue weighted by Crippen LogP contribution is -2.32. The molecule has 1 aromatic carbocycles. The summed E-state index contributed by atoms with van der Waals surface area (Å²) < 4.78 is 32.7. The van der Waals surface area contributed by atoms with Crippen LogP contribution in [0.25, 0.3) is 0 Å². The molecule has 1 rings (SSSR count). The maximum Gasteiger partial charge on any atom is 0.342 e. The van der Waals surface area contributed by atoms with Gasteiger partial charge in [-0.1, -0.05) is 13.3 Å². The molecule has 0 aromatic heterocycles. The van der Waals surface area contributed by atoms with Gasteiger partial charge < -0.3 is 14.4 Å². The molecule has 8 nitrogen and oxygen atoms in total. The van der Waals surface area contributed by atoms with Gasteiger partial charge in [-0.3, -0.25) is 4.79 Å². The van der Waals surface area contributed by atoms with Gasteiger partial charge in [0.05, 0.1) is 12.0 Å². The summed E-state index contributed by atoms with van der Waals surface area (Å²) in [5.74, 6) is -1.09. The van der Waals surface area contributed by atoms with Crippen molar-refractivity contribution in [3.63, 3.8) is 0 Å². The minimum absolute atomic E-state index is 0.118. The first-order chi connectivity index (χ1) is 11.2. The Balaban J connectivity index is 2.85. The van der Waals surface area contributed by atoms with Gasteiger partial charge in [0.15, 0.2) is 6.61 Å². The summed E-state index contributed by atoms with van der Waals surface area (Å²) in [6.07, 6.45) is 1.79. The minimum atomic E-state index is -3.98. The van der Waals surface area contributed by atoms with Crippen molar-refractivity contribution >= 4 is 21.9 Å². The molecule has 9 heteroatoms. The number of amides is 1. The van der Waals surface area contributed by atoms with Gasteiger partial charge in [0.25, 0.3) is 5.91 Å². The van der Waals surface area contributed by atoms with Gasteiger partial charge in [-0.05, 0) is 24.6 Å². The molecule has 0 aliphatic carbocycles. The number of nitrogens with two attached hydrogens (primary N) is 1. The van der Waals surface area contributed by atoms with Gasteiger partial charge in [-0.25, -0.2) is 18.4 Å². The SMILES string of the molecule is CCCCN(C)C(=O)COC(=O)c1cc(S(N)(=O)=O)ccc1OC. The molecule has 0 heterocycles. The number of carbonyl (C=O) groups is 2. The molecule has 2 N–H and O–H groups in total. The standard InChI is InChI=1S/C15H22N2O6S/c1-4-5-8-17(2)14(18)10-23-15(19)12-9-11(24(16,20)21)6-7-13(12)22-3/h6-7,9H,4-5,8,10H2,1-3H3,(H2,16,20,21). The van der Waals surface area contributed by atoms with Crippen molar-refractivity contribution in [2.24, 2.45) is 5.14 Å². The zero-order valence-electron chi connectivity index (χ0n) is 13.9. The molecule has 0 atom stereocenters. The number of esters is 1. The molecule has 0 radical (unpaired) electrons. The van der Waals surface area contributed by atoms with E-state index < -0.39 is 22.6 Å². The van der Waals surface area contributed by atoms with Crippen LogP contribution in [0, 0.1) is 0 Å². The van der Waals surface area contributed by atoms with E-state index in [1.54, 1.807) is 7.05 Å². The average molecular weight is 358 g/mol. The smallest absolute Gasteiger partial charge is 0.342 e. The van der Waals surface area contributed by atoms with E-state index in [4.69, 9.17) is 14.6 Å². The molecule has 0 bridgehead atoms. The van der Waals surface area contributed by atoms with Crippen LogP contribution in [-0.4, -0.2) is 52.5 Å². The van der Waals surface area contributed by atoms with E-state index in [0.717, 1.165) is 18.9 Å². The van der Waals surface area contributed by atoms with Crippen LogP contribution in [0.5, 0.6) is 5.75 Å². The van der Waals surface area contributed by atoms with Gasteiger partial charge in [0, 0.05) is 13.6 Å². The second-order valence-corrected chi connectivity index (χ2v) is 6.71. The maximum atomic E-state index is 12.1. The Morgan fingerprint density at radius 1 is 1.29 bits per heavy atom.